The summed E-state index contributed by atoms with van der Waals surface area (Å²) in [5.41, 5.74) is 0.817. The molecule has 0 saturated heterocycles. The Morgan fingerprint density at radius 2 is 2.16 bits per heavy atom. The minimum Gasteiger partial charge on any atom is -0.475 e. The molecule has 1 N–H and O–H groups in total. The molecule has 0 saturated carbocycles. The summed E-state index contributed by atoms with van der Waals surface area (Å²) in [6.45, 7) is 6.43. The summed E-state index contributed by atoms with van der Waals surface area (Å²) in [5.74, 6) is -0.441. The minimum absolute atomic E-state index is 0.0216. The van der Waals surface area contributed by atoms with Crippen LogP contribution in [0.1, 0.15) is 67.8 Å². The lowest BCUT2D eigenvalue weighted by Gasteiger charge is -2.12. The van der Waals surface area contributed by atoms with Gasteiger partial charge in [-0.3, -0.25) is 0 Å². The van der Waals surface area contributed by atoms with Crippen molar-refractivity contribution in [2.75, 3.05) is 0 Å². The van der Waals surface area contributed by atoms with Crippen molar-refractivity contribution in [3.05, 3.63) is 23.2 Å². The highest BCUT2D eigenvalue weighted by Gasteiger charge is 2.13. The van der Waals surface area contributed by atoms with Gasteiger partial charge < -0.3 is 14.3 Å². The molecule has 0 aliphatic rings. The van der Waals surface area contributed by atoms with Crippen molar-refractivity contribution in [2.45, 2.75) is 65.6 Å². The van der Waals surface area contributed by atoms with Gasteiger partial charge >= 0.3 is 5.97 Å². The SMILES string of the molecule is CCCCCCC(C)OCc1cc(C(=O)O)oc1C. The first-order chi connectivity index (χ1) is 9.04. The van der Waals surface area contributed by atoms with Gasteiger partial charge in [0.05, 0.1) is 12.7 Å². The summed E-state index contributed by atoms with van der Waals surface area (Å²) in [4.78, 5) is 10.8. The van der Waals surface area contributed by atoms with E-state index in [0.717, 1.165) is 12.0 Å². The smallest absolute Gasteiger partial charge is 0.371 e. The van der Waals surface area contributed by atoms with Crippen LogP contribution < -0.4 is 0 Å². The molecule has 108 valence electrons. The molecule has 0 spiro atoms. The molecule has 4 nitrogen and oxygen atoms in total. The van der Waals surface area contributed by atoms with Crippen molar-refractivity contribution in [2.24, 2.45) is 0 Å². The Morgan fingerprint density at radius 3 is 2.74 bits per heavy atom. The van der Waals surface area contributed by atoms with E-state index in [1.165, 1.54) is 25.7 Å². The molecule has 1 aromatic heterocycles. The van der Waals surface area contributed by atoms with Crippen LogP contribution in [0.15, 0.2) is 10.5 Å². The number of aryl methyl sites for hydroxylation is 1. The quantitative estimate of drug-likeness (QED) is 0.683. The van der Waals surface area contributed by atoms with E-state index in [2.05, 4.69) is 13.8 Å². The molecule has 1 unspecified atom stereocenters. The molecule has 0 bridgehead atoms. The fraction of sp³-hybridized carbons (Fsp3) is 0.667. The molecular weight excluding hydrogens is 244 g/mol. The third kappa shape index (κ3) is 5.47. The zero-order valence-electron chi connectivity index (χ0n) is 12.1. The van der Waals surface area contributed by atoms with Gasteiger partial charge in [0.25, 0.3) is 0 Å². The minimum atomic E-state index is -1.04. The molecule has 0 fully saturated rings. The summed E-state index contributed by atoms with van der Waals surface area (Å²) in [7, 11) is 0. The van der Waals surface area contributed by atoms with E-state index in [0.29, 0.717) is 12.4 Å². The Balaban J connectivity index is 2.33. The molecule has 0 radical (unpaired) electrons. The maximum Gasteiger partial charge on any atom is 0.371 e. The Morgan fingerprint density at radius 1 is 1.42 bits per heavy atom. The fourth-order valence-corrected chi connectivity index (χ4v) is 1.94. The van der Waals surface area contributed by atoms with Crippen molar-refractivity contribution in [1.82, 2.24) is 0 Å². The van der Waals surface area contributed by atoms with Crippen molar-refractivity contribution < 1.29 is 19.1 Å². The van der Waals surface area contributed by atoms with Crippen molar-refractivity contribution in [3.63, 3.8) is 0 Å². The Hall–Kier alpha value is -1.29. The van der Waals surface area contributed by atoms with Gasteiger partial charge in [0, 0.05) is 5.56 Å². The fourth-order valence-electron chi connectivity index (χ4n) is 1.94. The van der Waals surface area contributed by atoms with Crippen LogP contribution in [0.25, 0.3) is 0 Å². The monoisotopic (exact) mass is 268 g/mol. The van der Waals surface area contributed by atoms with Gasteiger partial charge in [-0.2, -0.15) is 0 Å². The van der Waals surface area contributed by atoms with Crippen LogP contribution in [-0.2, 0) is 11.3 Å². The number of carbonyl (C=O) groups is 1. The second-order valence-corrected chi connectivity index (χ2v) is 4.97. The first kappa shape index (κ1) is 15.8. The van der Waals surface area contributed by atoms with Crippen LogP contribution in [-0.4, -0.2) is 17.2 Å². The van der Waals surface area contributed by atoms with E-state index in [-0.39, 0.29) is 11.9 Å². The normalized spacial score (nSPS) is 12.6. The second-order valence-electron chi connectivity index (χ2n) is 4.97. The maximum absolute atomic E-state index is 10.8. The summed E-state index contributed by atoms with van der Waals surface area (Å²) in [6, 6.07) is 1.54. The number of unbranched alkanes of at least 4 members (excludes halogenated alkanes) is 3. The highest BCUT2D eigenvalue weighted by atomic mass is 16.5. The van der Waals surface area contributed by atoms with Crippen LogP contribution in [0.4, 0.5) is 0 Å². The van der Waals surface area contributed by atoms with Crippen molar-refractivity contribution in [3.8, 4) is 0 Å². The molecular formula is C15H24O4. The van der Waals surface area contributed by atoms with Crippen LogP contribution in [0, 0.1) is 6.92 Å². The van der Waals surface area contributed by atoms with E-state index in [1.54, 1.807) is 13.0 Å². The number of carboxylic acid groups (broad SMARTS) is 1. The lowest BCUT2D eigenvalue weighted by Crippen LogP contribution is -2.08. The first-order valence-corrected chi connectivity index (χ1v) is 6.98. The van der Waals surface area contributed by atoms with Gasteiger partial charge in [0.2, 0.25) is 5.76 Å². The van der Waals surface area contributed by atoms with Crippen LogP contribution >= 0.6 is 0 Å². The van der Waals surface area contributed by atoms with Crippen LogP contribution in [0.5, 0.6) is 0 Å². The van der Waals surface area contributed by atoms with E-state index in [9.17, 15) is 4.79 Å². The van der Waals surface area contributed by atoms with Crippen molar-refractivity contribution >= 4 is 5.97 Å². The zero-order chi connectivity index (χ0) is 14.3. The molecule has 19 heavy (non-hydrogen) atoms. The van der Waals surface area contributed by atoms with E-state index in [1.807, 2.05) is 0 Å². The standard InChI is InChI=1S/C15H24O4/c1-4-5-6-7-8-11(2)18-10-13-9-14(15(16)17)19-12(13)3/h9,11H,4-8,10H2,1-3H3,(H,16,17). The van der Waals surface area contributed by atoms with Crippen molar-refractivity contribution in [1.29, 1.82) is 0 Å². The number of ether oxygens (including phenoxy) is 1. The second kappa shape index (κ2) is 8.00. The average Bonchev–Trinajstić information content (AvgIpc) is 2.74. The van der Waals surface area contributed by atoms with Crippen LogP contribution in [0.2, 0.25) is 0 Å². The van der Waals surface area contributed by atoms with E-state index >= 15 is 0 Å². The Kier molecular flexibility index (Phi) is 6.64. The van der Waals surface area contributed by atoms with Gasteiger partial charge in [0.15, 0.2) is 0 Å². The number of furan rings is 1. The lowest BCUT2D eigenvalue weighted by molar-refractivity contribution is 0.0452. The zero-order valence-corrected chi connectivity index (χ0v) is 12.1. The average molecular weight is 268 g/mol. The largest absolute Gasteiger partial charge is 0.475 e. The summed E-state index contributed by atoms with van der Waals surface area (Å²) < 4.78 is 10.9. The molecule has 0 aromatic carbocycles. The van der Waals surface area contributed by atoms with Gasteiger partial charge in [-0.1, -0.05) is 32.6 Å². The molecule has 0 aliphatic carbocycles. The third-order valence-corrected chi connectivity index (χ3v) is 3.22. The molecule has 1 heterocycles. The molecule has 0 amide bonds. The van der Waals surface area contributed by atoms with Gasteiger partial charge in [-0.05, 0) is 26.3 Å². The number of rotatable bonds is 9. The highest BCUT2D eigenvalue weighted by Crippen LogP contribution is 2.17. The van der Waals surface area contributed by atoms with Crippen LogP contribution in [0.3, 0.4) is 0 Å². The predicted molar refractivity (Wildman–Crippen MR) is 73.4 cm³/mol. The van der Waals surface area contributed by atoms with E-state index < -0.39 is 5.97 Å². The molecule has 0 aliphatic heterocycles. The van der Waals surface area contributed by atoms with E-state index in [4.69, 9.17) is 14.3 Å². The topological polar surface area (TPSA) is 59.7 Å². The first-order valence-electron chi connectivity index (χ1n) is 6.98. The molecule has 1 aromatic rings. The maximum atomic E-state index is 10.8. The van der Waals surface area contributed by atoms with Gasteiger partial charge in [0.1, 0.15) is 5.76 Å². The summed E-state index contributed by atoms with van der Waals surface area (Å²) in [6.07, 6.45) is 6.18. The van der Waals surface area contributed by atoms with Gasteiger partial charge in [-0.15, -0.1) is 0 Å². The molecule has 4 heteroatoms. The summed E-state index contributed by atoms with van der Waals surface area (Å²) in [5, 5.41) is 8.83. The Bertz CT molecular complexity index is 395. The number of carboxylic acids is 1. The van der Waals surface area contributed by atoms with Gasteiger partial charge in [-0.25, -0.2) is 4.79 Å². The predicted octanol–water partition coefficient (Wildman–Crippen LogP) is 4.16. The highest BCUT2D eigenvalue weighted by molar-refractivity contribution is 5.84. The summed E-state index contributed by atoms with van der Waals surface area (Å²) >= 11 is 0. The molecule has 1 rings (SSSR count). The number of hydrogen-bond donors (Lipinski definition) is 1. The molecule has 1 atom stereocenters. The number of hydrogen-bond acceptors (Lipinski definition) is 3. The lowest BCUT2D eigenvalue weighted by atomic mass is 10.1. The Labute approximate surface area is 114 Å². The number of aromatic carboxylic acids is 1. The third-order valence-electron chi connectivity index (χ3n) is 3.22.